The van der Waals surface area contributed by atoms with Crippen molar-refractivity contribution in [2.45, 2.75) is 169 Å². The van der Waals surface area contributed by atoms with Crippen LogP contribution >= 0.6 is 0 Å². The summed E-state index contributed by atoms with van der Waals surface area (Å²) in [4.78, 5) is 57.3. The van der Waals surface area contributed by atoms with Gasteiger partial charge < -0.3 is 41.0 Å². The van der Waals surface area contributed by atoms with Gasteiger partial charge in [-0.1, -0.05) is 90.8 Å². The molecule has 0 aliphatic carbocycles. The van der Waals surface area contributed by atoms with Gasteiger partial charge in [-0.25, -0.2) is 0 Å². The Kier molecular flexibility index (Phi) is 14.9. The zero-order chi connectivity index (χ0) is 44.9. The van der Waals surface area contributed by atoms with Crippen LogP contribution in [0.5, 0.6) is 0 Å². The van der Waals surface area contributed by atoms with Gasteiger partial charge in [0.2, 0.25) is 23.6 Å². The summed E-state index contributed by atoms with van der Waals surface area (Å²) in [6.45, 7) is 18.5. The molecule has 2 fully saturated rings. The first-order chi connectivity index (χ1) is 29.3. The summed E-state index contributed by atoms with van der Waals surface area (Å²) in [5.41, 5.74) is 15.8. The Morgan fingerprint density at radius 2 is 0.984 bits per heavy atom. The van der Waals surface area contributed by atoms with Gasteiger partial charge in [-0.3, -0.25) is 19.2 Å². The summed E-state index contributed by atoms with van der Waals surface area (Å²) in [6.07, 6.45) is 14.3. The van der Waals surface area contributed by atoms with Gasteiger partial charge in [0, 0.05) is 72.5 Å². The molecule has 12 heteroatoms. The highest BCUT2D eigenvalue weighted by Gasteiger charge is 2.41. The molecule has 2 aliphatic rings. The second kappa shape index (κ2) is 19.8. The highest BCUT2D eigenvalue weighted by Crippen LogP contribution is 2.32. The van der Waals surface area contributed by atoms with Crippen LogP contribution in [0.4, 0.5) is 0 Å². The number of rotatable bonds is 17. The molecule has 0 bridgehead atoms. The third-order valence-electron chi connectivity index (χ3n) is 13.1. The van der Waals surface area contributed by atoms with Gasteiger partial charge in [0.15, 0.2) is 0 Å². The maximum Gasteiger partial charge on any atom is 0.245 e. The fraction of sp³-hybridized carbons (Fsp3) is 0.600. The Labute approximate surface area is 369 Å². The van der Waals surface area contributed by atoms with Crippen molar-refractivity contribution in [3.05, 3.63) is 72.1 Å². The van der Waals surface area contributed by atoms with E-state index in [4.69, 9.17) is 11.5 Å². The lowest BCUT2D eigenvalue weighted by Crippen LogP contribution is -2.58. The van der Waals surface area contributed by atoms with E-state index >= 15 is 0 Å². The number of nitrogens with one attached hydrogen (secondary N) is 2. The van der Waals surface area contributed by atoms with E-state index in [1.165, 1.54) is 32.9 Å². The molecule has 6 atom stereocenters. The Morgan fingerprint density at radius 1 is 0.613 bits per heavy atom. The molecule has 6 rings (SSSR count). The lowest BCUT2D eigenvalue weighted by molar-refractivity contribution is -0.140. The fourth-order valence-electron chi connectivity index (χ4n) is 9.62. The van der Waals surface area contributed by atoms with Gasteiger partial charge >= 0.3 is 0 Å². The van der Waals surface area contributed by atoms with Gasteiger partial charge in [-0.05, 0) is 99.3 Å². The molecule has 2 aromatic heterocycles. The van der Waals surface area contributed by atoms with Crippen LogP contribution in [0.25, 0.3) is 21.8 Å². The standard InChI is InChI=1S/C50H74N8O4/c1-33(51)45(59)53-43(49(3,4)5)47(61)57-27-17-19-37(57)29-35-31-55(41-23-13-11-21-39(35)41)25-15-9-10-16-26-56-32-36(40-22-12-14-24-42(40)56)30-38-20-18-28-58(38)48(62)44(50(6,7)8)54-46(60)34(2)52/h11-14,21-24,31-34,37-38,43-44H,9-10,15-20,25-30,51-52H2,1-8H3,(H,53,59)(H,54,60)/t33-,34-,37-,38+,43+,44+/m0/s1. The summed E-state index contributed by atoms with van der Waals surface area (Å²) in [6, 6.07) is 14.7. The van der Waals surface area contributed by atoms with Crippen molar-refractivity contribution < 1.29 is 19.2 Å². The van der Waals surface area contributed by atoms with E-state index < -0.39 is 35.0 Å². The SMILES string of the molecule is C[C@H](N)C(=O)N[C@H](C(=O)N1CCC[C@@H]1Cc1cn(CCCCCCn2cc(C[C@@H]3CCCN3C(=O)[C@@H](NC(=O)[C@H](C)N)C(C)(C)C)c3ccccc32)c2ccccc12)C(C)(C)C. The first kappa shape index (κ1) is 46.8. The van der Waals surface area contributed by atoms with Crippen molar-refractivity contribution in [1.82, 2.24) is 29.6 Å². The lowest BCUT2D eigenvalue weighted by Gasteiger charge is -2.36. The number of likely N-dealkylation sites (tertiary alicyclic amines) is 2. The Morgan fingerprint density at radius 3 is 1.34 bits per heavy atom. The molecular weight excluding hydrogens is 777 g/mol. The molecule has 2 aliphatic heterocycles. The Hall–Kier alpha value is -4.68. The molecular formula is C50H74N8O4. The lowest BCUT2D eigenvalue weighted by atomic mass is 9.85. The minimum Gasteiger partial charge on any atom is -0.347 e. The summed E-state index contributed by atoms with van der Waals surface area (Å²) < 4.78 is 4.79. The molecule has 4 aromatic rings. The van der Waals surface area contributed by atoms with Crippen molar-refractivity contribution in [3.8, 4) is 0 Å². The van der Waals surface area contributed by atoms with Crippen LogP contribution in [0.1, 0.15) is 118 Å². The molecule has 4 amide bonds. The molecule has 338 valence electrons. The van der Waals surface area contributed by atoms with Crippen molar-refractivity contribution in [2.24, 2.45) is 22.3 Å². The topological polar surface area (TPSA) is 161 Å². The minimum absolute atomic E-state index is 0.0232. The first-order valence-electron chi connectivity index (χ1n) is 23.2. The van der Waals surface area contributed by atoms with Crippen LogP contribution in [0.3, 0.4) is 0 Å². The molecule has 0 unspecified atom stereocenters. The zero-order valence-corrected chi connectivity index (χ0v) is 38.7. The number of nitrogens with two attached hydrogens (primary N) is 2. The number of fused-ring (bicyclic) bond motifs is 2. The number of unbranched alkanes of at least 4 members (excludes halogenated alkanes) is 3. The van der Waals surface area contributed by atoms with Crippen molar-refractivity contribution >= 4 is 45.4 Å². The third kappa shape index (κ3) is 10.9. The highest BCUT2D eigenvalue weighted by molar-refractivity contribution is 5.92. The van der Waals surface area contributed by atoms with E-state index in [1.54, 1.807) is 13.8 Å². The van der Waals surface area contributed by atoms with Gasteiger partial charge in [0.25, 0.3) is 0 Å². The molecule has 2 saturated heterocycles. The molecule has 2 aromatic carbocycles. The average Bonchev–Trinajstić information content (AvgIpc) is 4.02. The molecule has 0 saturated carbocycles. The number of benzene rings is 2. The van der Waals surface area contributed by atoms with Crippen molar-refractivity contribution in [1.29, 1.82) is 0 Å². The second-order valence-corrected chi connectivity index (χ2v) is 20.4. The largest absolute Gasteiger partial charge is 0.347 e. The number of aryl methyl sites for hydroxylation is 2. The average molecular weight is 851 g/mol. The molecule has 12 nitrogen and oxygen atoms in total. The summed E-state index contributed by atoms with van der Waals surface area (Å²) >= 11 is 0. The maximum absolute atomic E-state index is 14.0. The third-order valence-corrected chi connectivity index (χ3v) is 13.1. The number of amides is 4. The molecule has 0 spiro atoms. The normalized spacial score (nSPS) is 19.2. The number of para-hydroxylation sites is 2. The van der Waals surface area contributed by atoms with Crippen LogP contribution in [0.2, 0.25) is 0 Å². The smallest absolute Gasteiger partial charge is 0.245 e. The monoisotopic (exact) mass is 851 g/mol. The fourth-order valence-corrected chi connectivity index (χ4v) is 9.62. The van der Waals surface area contributed by atoms with E-state index in [2.05, 4.69) is 80.7 Å². The van der Waals surface area contributed by atoms with E-state index in [9.17, 15) is 19.2 Å². The molecule has 0 radical (unpaired) electrons. The van der Waals surface area contributed by atoms with Gasteiger partial charge in [-0.15, -0.1) is 0 Å². The van der Waals surface area contributed by atoms with Gasteiger partial charge in [0.05, 0.1) is 12.1 Å². The molecule has 6 N–H and O–H groups in total. The number of carbonyl (C=O) groups is 4. The van der Waals surface area contributed by atoms with Crippen LogP contribution in [0, 0.1) is 10.8 Å². The van der Waals surface area contributed by atoms with Crippen LogP contribution in [-0.2, 0) is 45.1 Å². The number of hydrogen-bond acceptors (Lipinski definition) is 6. The second-order valence-electron chi connectivity index (χ2n) is 20.4. The van der Waals surface area contributed by atoms with Gasteiger partial charge in [-0.2, -0.15) is 0 Å². The number of aromatic nitrogens is 2. The van der Waals surface area contributed by atoms with E-state index in [-0.39, 0.29) is 35.7 Å². The minimum atomic E-state index is -0.682. The Bertz CT molecular complexity index is 2040. The summed E-state index contributed by atoms with van der Waals surface area (Å²) in [5.74, 6) is -0.657. The van der Waals surface area contributed by atoms with Crippen LogP contribution in [-0.4, -0.2) is 91.9 Å². The predicted molar refractivity (Wildman–Crippen MR) is 249 cm³/mol. The Balaban J connectivity index is 1.05. The van der Waals surface area contributed by atoms with Gasteiger partial charge in [0.1, 0.15) is 12.1 Å². The quantitative estimate of drug-likeness (QED) is 0.0868. The van der Waals surface area contributed by atoms with E-state index in [1.807, 2.05) is 51.3 Å². The van der Waals surface area contributed by atoms with Crippen molar-refractivity contribution in [3.63, 3.8) is 0 Å². The van der Waals surface area contributed by atoms with E-state index in [0.29, 0.717) is 13.1 Å². The molecule has 4 heterocycles. The summed E-state index contributed by atoms with van der Waals surface area (Å²) in [5, 5.41) is 8.39. The van der Waals surface area contributed by atoms with Crippen molar-refractivity contribution in [2.75, 3.05) is 13.1 Å². The van der Waals surface area contributed by atoms with E-state index in [0.717, 1.165) is 77.3 Å². The predicted octanol–water partition coefficient (Wildman–Crippen LogP) is 6.68. The highest BCUT2D eigenvalue weighted by atomic mass is 16.2. The van der Waals surface area contributed by atoms with Crippen LogP contribution < -0.4 is 22.1 Å². The number of nitrogens with zero attached hydrogens (tertiary/aromatic N) is 4. The zero-order valence-electron chi connectivity index (χ0n) is 38.7. The maximum atomic E-state index is 14.0. The summed E-state index contributed by atoms with van der Waals surface area (Å²) in [7, 11) is 0. The molecule has 62 heavy (non-hydrogen) atoms. The van der Waals surface area contributed by atoms with Crippen LogP contribution in [0.15, 0.2) is 60.9 Å². The number of hydrogen-bond donors (Lipinski definition) is 4. The number of carbonyl (C=O) groups excluding carboxylic acids is 4. The first-order valence-corrected chi connectivity index (χ1v) is 23.2.